The topological polar surface area (TPSA) is 51.5 Å². The first kappa shape index (κ1) is 14.1. The fourth-order valence-corrected chi connectivity index (χ4v) is 2.29. The molecule has 0 aliphatic heterocycles. The summed E-state index contributed by atoms with van der Waals surface area (Å²) in [6.45, 7) is 1.73. The Kier molecular flexibility index (Phi) is 3.55. The van der Waals surface area contributed by atoms with Gasteiger partial charge in [-0.1, -0.05) is 12.1 Å². The van der Waals surface area contributed by atoms with E-state index in [1.54, 1.807) is 50.4 Å². The quantitative estimate of drug-likeness (QED) is 0.790. The van der Waals surface area contributed by atoms with Gasteiger partial charge in [-0.05, 0) is 37.3 Å². The number of ether oxygens (including phenoxy) is 1. The van der Waals surface area contributed by atoms with E-state index in [0.29, 0.717) is 22.4 Å². The van der Waals surface area contributed by atoms with Crippen LogP contribution in [0.15, 0.2) is 46.9 Å². The molecule has 4 nitrogen and oxygen atoms in total. The molecule has 0 spiro atoms. The third-order valence-corrected chi connectivity index (χ3v) is 3.47. The molecule has 0 atom stereocenters. The van der Waals surface area contributed by atoms with Crippen molar-refractivity contribution in [1.82, 2.24) is 0 Å². The van der Waals surface area contributed by atoms with Crippen molar-refractivity contribution in [3.8, 4) is 5.75 Å². The van der Waals surface area contributed by atoms with E-state index < -0.39 is 11.7 Å². The van der Waals surface area contributed by atoms with Crippen molar-refractivity contribution in [2.45, 2.75) is 6.92 Å². The Morgan fingerprint density at radius 2 is 1.91 bits per heavy atom. The maximum atomic E-state index is 13.7. The number of carbonyl (C=O) groups excluding carboxylic acids is 1. The van der Waals surface area contributed by atoms with Gasteiger partial charge in [0.2, 0.25) is 0 Å². The molecule has 0 saturated carbocycles. The van der Waals surface area contributed by atoms with E-state index in [0.717, 1.165) is 0 Å². The third kappa shape index (κ3) is 2.41. The van der Waals surface area contributed by atoms with Gasteiger partial charge < -0.3 is 14.5 Å². The SMILES string of the molecule is COc1ccc(NC(=O)c2oc3c(F)cccc3c2C)cc1. The van der Waals surface area contributed by atoms with Crippen molar-refractivity contribution >= 4 is 22.6 Å². The standard InChI is InChI=1S/C17H14FNO3/c1-10-13-4-3-5-14(18)16(13)22-15(10)17(20)19-11-6-8-12(21-2)9-7-11/h3-9H,1-2H3,(H,19,20). The molecule has 22 heavy (non-hydrogen) atoms. The molecule has 112 valence electrons. The minimum Gasteiger partial charge on any atom is -0.497 e. The van der Waals surface area contributed by atoms with E-state index in [1.807, 2.05) is 0 Å². The summed E-state index contributed by atoms with van der Waals surface area (Å²) in [6, 6.07) is 11.5. The first-order chi connectivity index (χ1) is 10.6. The molecular formula is C17H14FNO3. The minimum atomic E-state index is -0.482. The summed E-state index contributed by atoms with van der Waals surface area (Å²) in [5.74, 6) is -0.0988. The zero-order chi connectivity index (χ0) is 15.7. The highest BCUT2D eigenvalue weighted by molar-refractivity contribution is 6.06. The van der Waals surface area contributed by atoms with Crippen molar-refractivity contribution in [2.75, 3.05) is 12.4 Å². The van der Waals surface area contributed by atoms with Gasteiger partial charge in [-0.2, -0.15) is 0 Å². The van der Waals surface area contributed by atoms with Crippen molar-refractivity contribution < 1.29 is 18.3 Å². The average Bonchev–Trinajstić information content (AvgIpc) is 2.87. The summed E-state index contributed by atoms with van der Waals surface area (Å²) < 4.78 is 24.2. The number of para-hydroxylation sites is 1. The molecular weight excluding hydrogens is 285 g/mol. The molecule has 3 rings (SSSR count). The molecule has 5 heteroatoms. The highest BCUT2D eigenvalue weighted by Gasteiger charge is 2.19. The molecule has 0 saturated heterocycles. The highest BCUT2D eigenvalue weighted by atomic mass is 19.1. The van der Waals surface area contributed by atoms with Crippen LogP contribution in [-0.2, 0) is 0 Å². The number of hydrogen-bond donors (Lipinski definition) is 1. The van der Waals surface area contributed by atoms with Crippen molar-refractivity contribution in [1.29, 1.82) is 0 Å². The monoisotopic (exact) mass is 299 g/mol. The van der Waals surface area contributed by atoms with E-state index in [2.05, 4.69) is 5.32 Å². The largest absolute Gasteiger partial charge is 0.497 e. The molecule has 0 fully saturated rings. The molecule has 0 aliphatic rings. The molecule has 1 amide bonds. The number of hydrogen-bond acceptors (Lipinski definition) is 3. The Labute approximate surface area is 126 Å². The summed E-state index contributed by atoms with van der Waals surface area (Å²) in [7, 11) is 1.57. The summed E-state index contributed by atoms with van der Waals surface area (Å²) in [6.07, 6.45) is 0. The van der Waals surface area contributed by atoms with Gasteiger partial charge in [0.05, 0.1) is 7.11 Å². The molecule has 2 aromatic carbocycles. The number of carbonyl (C=O) groups is 1. The second-order valence-electron chi connectivity index (χ2n) is 4.86. The number of benzene rings is 2. The fraction of sp³-hybridized carbons (Fsp3) is 0.118. The van der Waals surface area contributed by atoms with Crippen LogP contribution in [0.4, 0.5) is 10.1 Å². The van der Waals surface area contributed by atoms with Crippen LogP contribution in [0.3, 0.4) is 0 Å². The number of nitrogens with one attached hydrogen (secondary N) is 1. The smallest absolute Gasteiger partial charge is 0.291 e. The van der Waals surface area contributed by atoms with Crippen molar-refractivity contribution in [3.05, 3.63) is 59.6 Å². The highest BCUT2D eigenvalue weighted by Crippen LogP contribution is 2.28. The van der Waals surface area contributed by atoms with Gasteiger partial charge in [0.25, 0.3) is 5.91 Å². The van der Waals surface area contributed by atoms with Crippen LogP contribution in [0, 0.1) is 12.7 Å². The molecule has 0 radical (unpaired) electrons. The number of aryl methyl sites for hydroxylation is 1. The van der Waals surface area contributed by atoms with Crippen LogP contribution in [-0.4, -0.2) is 13.0 Å². The number of rotatable bonds is 3. The second kappa shape index (κ2) is 5.52. The lowest BCUT2D eigenvalue weighted by Crippen LogP contribution is -2.11. The lowest BCUT2D eigenvalue weighted by Gasteiger charge is -2.05. The molecule has 0 bridgehead atoms. The number of methoxy groups -OCH3 is 1. The van der Waals surface area contributed by atoms with E-state index in [9.17, 15) is 9.18 Å². The molecule has 0 unspecified atom stereocenters. The van der Waals surface area contributed by atoms with Gasteiger partial charge in [-0.15, -0.1) is 0 Å². The molecule has 1 N–H and O–H groups in total. The maximum Gasteiger partial charge on any atom is 0.291 e. The second-order valence-corrected chi connectivity index (χ2v) is 4.86. The third-order valence-electron chi connectivity index (χ3n) is 3.47. The predicted molar refractivity (Wildman–Crippen MR) is 81.9 cm³/mol. The van der Waals surface area contributed by atoms with Crippen molar-refractivity contribution in [2.24, 2.45) is 0 Å². The zero-order valence-electron chi connectivity index (χ0n) is 12.1. The van der Waals surface area contributed by atoms with E-state index >= 15 is 0 Å². The fourth-order valence-electron chi connectivity index (χ4n) is 2.29. The summed E-state index contributed by atoms with van der Waals surface area (Å²) in [5, 5.41) is 3.32. The number of fused-ring (bicyclic) bond motifs is 1. The number of amides is 1. The Balaban J connectivity index is 1.91. The zero-order valence-corrected chi connectivity index (χ0v) is 12.1. The molecule has 0 aliphatic carbocycles. The normalized spacial score (nSPS) is 10.7. The molecule has 3 aromatic rings. The van der Waals surface area contributed by atoms with Crippen LogP contribution in [0.1, 0.15) is 16.1 Å². The van der Waals surface area contributed by atoms with E-state index in [-0.39, 0.29) is 11.3 Å². The number of halogens is 1. The van der Waals surface area contributed by atoms with Crippen LogP contribution < -0.4 is 10.1 Å². The van der Waals surface area contributed by atoms with E-state index in [1.165, 1.54) is 6.07 Å². The first-order valence-electron chi connectivity index (χ1n) is 6.73. The molecule has 1 aromatic heterocycles. The Bertz CT molecular complexity index is 837. The Hall–Kier alpha value is -2.82. The van der Waals surface area contributed by atoms with Gasteiger partial charge in [0, 0.05) is 16.6 Å². The van der Waals surface area contributed by atoms with Gasteiger partial charge >= 0.3 is 0 Å². The Morgan fingerprint density at radius 1 is 1.18 bits per heavy atom. The van der Waals surface area contributed by atoms with E-state index in [4.69, 9.17) is 9.15 Å². The van der Waals surface area contributed by atoms with Gasteiger partial charge in [0.15, 0.2) is 17.2 Å². The first-order valence-corrected chi connectivity index (χ1v) is 6.73. The maximum absolute atomic E-state index is 13.7. The van der Waals surface area contributed by atoms with Gasteiger partial charge in [0.1, 0.15) is 5.75 Å². The van der Waals surface area contributed by atoms with Crippen LogP contribution in [0.2, 0.25) is 0 Å². The van der Waals surface area contributed by atoms with Crippen LogP contribution in [0.25, 0.3) is 11.0 Å². The summed E-state index contributed by atoms with van der Waals surface area (Å²) in [4.78, 5) is 12.3. The van der Waals surface area contributed by atoms with Crippen LogP contribution in [0.5, 0.6) is 5.75 Å². The minimum absolute atomic E-state index is 0.0971. The summed E-state index contributed by atoms with van der Waals surface area (Å²) in [5.41, 5.74) is 1.31. The predicted octanol–water partition coefficient (Wildman–Crippen LogP) is 4.14. The van der Waals surface area contributed by atoms with Crippen molar-refractivity contribution in [3.63, 3.8) is 0 Å². The molecule has 1 heterocycles. The van der Waals surface area contributed by atoms with Gasteiger partial charge in [-0.3, -0.25) is 4.79 Å². The lowest BCUT2D eigenvalue weighted by molar-refractivity contribution is 0.0997. The number of furan rings is 1. The number of anilines is 1. The van der Waals surface area contributed by atoms with Gasteiger partial charge in [-0.25, -0.2) is 4.39 Å². The lowest BCUT2D eigenvalue weighted by atomic mass is 10.1. The van der Waals surface area contributed by atoms with Crippen LogP contribution >= 0.6 is 0 Å². The summed E-state index contributed by atoms with van der Waals surface area (Å²) >= 11 is 0. The average molecular weight is 299 g/mol. The Morgan fingerprint density at radius 3 is 2.55 bits per heavy atom.